The highest BCUT2D eigenvalue weighted by molar-refractivity contribution is 6.07. The van der Waals surface area contributed by atoms with Gasteiger partial charge < -0.3 is 11.1 Å². The van der Waals surface area contributed by atoms with E-state index in [1.807, 2.05) is 41.1 Å². The van der Waals surface area contributed by atoms with Crippen molar-refractivity contribution in [1.82, 2.24) is 19.7 Å². The minimum Gasteiger partial charge on any atom is -0.383 e. The van der Waals surface area contributed by atoms with Crippen molar-refractivity contribution in [1.29, 1.82) is 0 Å². The molecule has 3 aromatic heterocycles. The summed E-state index contributed by atoms with van der Waals surface area (Å²) >= 11 is 0. The van der Waals surface area contributed by atoms with Gasteiger partial charge in [0.25, 0.3) is 0 Å². The third kappa shape index (κ3) is 3.61. The Morgan fingerprint density at radius 3 is 2.58 bits per heavy atom. The van der Waals surface area contributed by atoms with E-state index in [1.165, 1.54) is 5.56 Å². The lowest BCUT2D eigenvalue weighted by Gasteiger charge is -2.10. The molecule has 0 aliphatic heterocycles. The molecule has 160 valence electrons. The monoisotopic (exact) mass is 430 g/mol. The predicted octanol–water partition coefficient (Wildman–Crippen LogP) is 5.38. The number of pyridine rings is 2. The average molecular weight is 431 g/mol. The van der Waals surface area contributed by atoms with Crippen LogP contribution in [0.15, 0.2) is 91.3 Å². The first-order valence-electron chi connectivity index (χ1n) is 10.9. The Morgan fingerprint density at radius 2 is 1.67 bits per heavy atom. The third-order valence-corrected chi connectivity index (χ3v) is 5.92. The number of hydrogen-bond acceptors (Lipinski definition) is 5. The smallest absolute Gasteiger partial charge is 0.138 e. The zero-order valence-corrected chi connectivity index (χ0v) is 17.9. The Bertz CT molecular complexity index is 1600. The van der Waals surface area contributed by atoms with Crippen LogP contribution in [-0.4, -0.2) is 19.7 Å². The standard InChI is InChI=1S/C27H22N6/c28-26-21-11-10-19(14-20(21)12-13-29-26)15-30-27-23-17-33(16-18-6-2-1-3-7-18)32-25(23)22-8-4-5-9-24(22)31-27/h1-14,17H,15-16H2,(H2,28,29)(H,30,31). The van der Waals surface area contributed by atoms with Crippen molar-refractivity contribution in [3.63, 3.8) is 0 Å². The van der Waals surface area contributed by atoms with Gasteiger partial charge in [-0.25, -0.2) is 9.97 Å². The second kappa shape index (κ2) is 7.91. The molecule has 0 spiro atoms. The summed E-state index contributed by atoms with van der Waals surface area (Å²) in [4.78, 5) is 9.09. The van der Waals surface area contributed by atoms with Crippen LogP contribution in [-0.2, 0) is 13.1 Å². The molecule has 0 aliphatic carbocycles. The Balaban J connectivity index is 1.38. The van der Waals surface area contributed by atoms with Gasteiger partial charge in [0, 0.05) is 29.7 Å². The van der Waals surface area contributed by atoms with Crippen LogP contribution in [0.4, 0.5) is 11.6 Å². The van der Waals surface area contributed by atoms with E-state index in [1.54, 1.807) is 6.20 Å². The normalized spacial score (nSPS) is 11.4. The van der Waals surface area contributed by atoms with E-state index in [9.17, 15) is 0 Å². The van der Waals surface area contributed by atoms with E-state index in [0.29, 0.717) is 18.9 Å². The number of fused-ring (bicyclic) bond motifs is 4. The molecule has 0 saturated carbocycles. The first-order chi connectivity index (χ1) is 16.2. The van der Waals surface area contributed by atoms with Gasteiger partial charge in [-0.15, -0.1) is 0 Å². The third-order valence-electron chi connectivity index (χ3n) is 5.92. The minimum absolute atomic E-state index is 0.552. The quantitative estimate of drug-likeness (QED) is 0.384. The number of para-hydroxylation sites is 1. The zero-order valence-electron chi connectivity index (χ0n) is 17.9. The maximum absolute atomic E-state index is 6.00. The maximum atomic E-state index is 6.00. The molecular formula is C27H22N6. The molecule has 0 atom stereocenters. The molecule has 0 unspecified atom stereocenters. The molecule has 3 aromatic carbocycles. The largest absolute Gasteiger partial charge is 0.383 e. The highest BCUT2D eigenvalue weighted by atomic mass is 15.3. The lowest BCUT2D eigenvalue weighted by Crippen LogP contribution is -2.02. The van der Waals surface area contributed by atoms with Crippen LogP contribution in [0.25, 0.3) is 32.6 Å². The molecule has 6 aromatic rings. The number of anilines is 2. The lowest BCUT2D eigenvalue weighted by molar-refractivity contribution is 0.696. The fourth-order valence-electron chi connectivity index (χ4n) is 4.28. The van der Waals surface area contributed by atoms with E-state index in [4.69, 9.17) is 15.8 Å². The molecular weight excluding hydrogens is 408 g/mol. The average Bonchev–Trinajstić information content (AvgIpc) is 3.27. The molecule has 6 nitrogen and oxygen atoms in total. The summed E-state index contributed by atoms with van der Waals surface area (Å²) in [7, 11) is 0. The predicted molar refractivity (Wildman–Crippen MR) is 134 cm³/mol. The van der Waals surface area contributed by atoms with Crippen molar-refractivity contribution in [3.8, 4) is 0 Å². The molecule has 0 bridgehead atoms. The zero-order chi connectivity index (χ0) is 22.2. The van der Waals surface area contributed by atoms with Crippen LogP contribution in [0, 0.1) is 0 Å². The number of hydrogen-bond donors (Lipinski definition) is 2. The number of nitrogens with one attached hydrogen (secondary N) is 1. The van der Waals surface area contributed by atoms with Crippen molar-refractivity contribution >= 4 is 44.2 Å². The summed E-state index contributed by atoms with van der Waals surface area (Å²) in [5.41, 5.74) is 10.2. The summed E-state index contributed by atoms with van der Waals surface area (Å²) in [5.74, 6) is 1.38. The summed E-state index contributed by atoms with van der Waals surface area (Å²) < 4.78 is 1.99. The van der Waals surface area contributed by atoms with Crippen LogP contribution in [0.1, 0.15) is 11.1 Å². The molecule has 33 heavy (non-hydrogen) atoms. The highest BCUT2D eigenvalue weighted by Gasteiger charge is 2.13. The van der Waals surface area contributed by atoms with E-state index in [0.717, 1.165) is 44.0 Å². The van der Waals surface area contributed by atoms with Gasteiger partial charge in [0.2, 0.25) is 0 Å². The Morgan fingerprint density at radius 1 is 0.818 bits per heavy atom. The van der Waals surface area contributed by atoms with Gasteiger partial charge in [-0.05, 0) is 34.7 Å². The second-order valence-electron chi connectivity index (χ2n) is 8.16. The number of nitrogens with zero attached hydrogens (tertiary/aromatic N) is 4. The molecule has 3 N–H and O–H groups in total. The summed E-state index contributed by atoms with van der Waals surface area (Å²) in [6, 6.07) is 26.7. The van der Waals surface area contributed by atoms with Gasteiger partial charge >= 0.3 is 0 Å². The fourth-order valence-corrected chi connectivity index (χ4v) is 4.28. The molecule has 0 amide bonds. The summed E-state index contributed by atoms with van der Waals surface area (Å²) in [6.45, 7) is 1.35. The van der Waals surface area contributed by atoms with Crippen molar-refractivity contribution in [2.75, 3.05) is 11.1 Å². The fraction of sp³-hybridized carbons (Fsp3) is 0.0741. The second-order valence-corrected chi connectivity index (χ2v) is 8.16. The summed E-state index contributed by atoms with van der Waals surface area (Å²) in [6.07, 6.45) is 3.82. The van der Waals surface area contributed by atoms with Gasteiger partial charge in [0.1, 0.15) is 17.2 Å². The summed E-state index contributed by atoms with van der Waals surface area (Å²) in [5, 5.41) is 12.6. The van der Waals surface area contributed by atoms with Crippen LogP contribution < -0.4 is 11.1 Å². The minimum atomic E-state index is 0.552. The molecule has 0 radical (unpaired) electrons. The number of benzene rings is 3. The van der Waals surface area contributed by atoms with Crippen LogP contribution in [0.5, 0.6) is 0 Å². The van der Waals surface area contributed by atoms with Gasteiger partial charge in [-0.1, -0.05) is 60.7 Å². The van der Waals surface area contributed by atoms with Crippen molar-refractivity contribution in [3.05, 3.63) is 102 Å². The van der Waals surface area contributed by atoms with Gasteiger partial charge in [-0.3, -0.25) is 4.68 Å². The maximum Gasteiger partial charge on any atom is 0.138 e. The molecule has 6 rings (SSSR count). The topological polar surface area (TPSA) is 81.7 Å². The Labute approximate surface area is 190 Å². The molecule has 0 fully saturated rings. The van der Waals surface area contributed by atoms with E-state index >= 15 is 0 Å². The highest BCUT2D eigenvalue weighted by Crippen LogP contribution is 2.29. The first kappa shape index (κ1) is 19.3. The lowest BCUT2D eigenvalue weighted by atomic mass is 10.1. The SMILES string of the molecule is Nc1nccc2cc(CNc3nc4ccccc4c4nn(Cc5ccccc5)cc34)ccc12. The number of rotatable bonds is 5. The molecule has 3 heterocycles. The number of nitrogen functional groups attached to an aromatic ring is 1. The van der Waals surface area contributed by atoms with Crippen LogP contribution in [0.3, 0.4) is 0 Å². The van der Waals surface area contributed by atoms with E-state index < -0.39 is 0 Å². The Hall–Kier alpha value is -4.45. The molecule has 0 saturated heterocycles. The van der Waals surface area contributed by atoms with Gasteiger partial charge in [-0.2, -0.15) is 5.10 Å². The van der Waals surface area contributed by atoms with Crippen molar-refractivity contribution < 1.29 is 0 Å². The van der Waals surface area contributed by atoms with Crippen LogP contribution in [0.2, 0.25) is 0 Å². The molecule has 6 heteroatoms. The Kier molecular flexibility index (Phi) is 4.61. The van der Waals surface area contributed by atoms with E-state index in [2.05, 4.69) is 59.0 Å². The first-order valence-corrected chi connectivity index (χ1v) is 10.9. The van der Waals surface area contributed by atoms with Gasteiger partial charge in [0.15, 0.2) is 0 Å². The van der Waals surface area contributed by atoms with E-state index in [-0.39, 0.29) is 0 Å². The molecule has 0 aliphatic rings. The number of aromatic nitrogens is 4. The number of nitrogens with two attached hydrogens (primary N) is 1. The van der Waals surface area contributed by atoms with Crippen molar-refractivity contribution in [2.45, 2.75) is 13.1 Å². The van der Waals surface area contributed by atoms with Crippen LogP contribution >= 0.6 is 0 Å². The van der Waals surface area contributed by atoms with Crippen molar-refractivity contribution in [2.24, 2.45) is 0 Å². The van der Waals surface area contributed by atoms with Gasteiger partial charge in [0.05, 0.1) is 17.4 Å².